The first-order valence-electron chi connectivity index (χ1n) is 5.92. The molecular formula is C15H13FN2O2. The van der Waals surface area contributed by atoms with Gasteiger partial charge in [-0.2, -0.15) is 5.10 Å². The highest BCUT2D eigenvalue weighted by Crippen LogP contribution is 2.12. The molecule has 0 atom stereocenters. The lowest BCUT2D eigenvalue weighted by molar-refractivity contribution is 0.0955. The van der Waals surface area contributed by atoms with E-state index in [0.717, 1.165) is 0 Å². The van der Waals surface area contributed by atoms with Crippen LogP contribution < -0.4 is 10.2 Å². The molecule has 0 aromatic heterocycles. The molecule has 102 valence electrons. The molecule has 2 aromatic carbocycles. The highest BCUT2D eigenvalue weighted by molar-refractivity contribution is 5.95. The summed E-state index contributed by atoms with van der Waals surface area (Å²) in [6, 6.07) is 12.5. The third-order valence-electron chi connectivity index (χ3n) is 2.58. The molecule has 0 bridgehead atoms. The Bertz CT molecular complexity index is 624. The van der Waals surface area contributed by atoms with Crippen LogP contribution in [0.15, 0.2) is 53.6 Å². The molecule has 1 N–H and O–H groups in total. The molecule has 0 spiro atoms. The lowest BCUT2D eigenvalue weighted by atomic mass is 10.2. The van der Waals surface area contributed by atoms with E-state index < -0.39 is 0 Å². The summed E-state index contributed by atoms with van der Waals surface area (Å²) in [6.45, 7) is 0. The summed E-state index contributed by atoms with van der Waals surface area (Å²) in [4.78, 5) is 11.8. The standard InChI is InChI=1S/C15H13FN2O2/c1-20-14-4-2-3-12(9-14)15(19)18-17-10-11-5-7-13(16)8-6-11/h2-10H,1H3,(H,18,19). The van der Waals surface area contributed by atoms with Gasteiger partial charge in [-0.3, -0.25) is 4.79 Å². The van der Waals surface area contributed by atoms with E-state index >= 15 is 0 Å². The zero-order valence-corrected chi connectivity index (χ0v) is 10.8. The van der Waals surface area contributed by atoms with Crippen molar-refractivity contribution in [3.8, 4) is 5.75 Å². The molecule has 0 saturated heterocycles. The molecule has 2 rings (SSSR count). The van der Waals surface area contributed by atoms with Crippen molar-refractivity contribution < 1.29 is 13.9 Å². The number of benzene rings is 2. The van der Waals surface area contributed by atoms with Gasteiger partial charge in [-0.25, -0.2) is 9.82 Å². The van der Waals surface area contributed by atoms with Gasteiger partial charge in [0.1, 0.15) is 11.6 Å². The Labute approximate surface area is 115 Å². The fourth-order valence-corrected chi connectivity index (χ4v) is 1.54. The highest BCUT2D eigenvalue weighted by atomic mass is 19.1. The van der Waals surface area contributed by atoms with Crippen molar-refractivity contribution in [1.29, 1.82) is 0 Å². The molecular weight excluding hydrogens is 259 g/mol. The SMILES string of the molecule is COc1cccc(C(=O)NN=Cc2ccc(F)cc2)c1. The van der Waals surface area contributed by atoms with E-state index in [1.54, 1.807) is 36.4 Å². The van der Waals surface area contributed by atoms with Gasteiger partial charge >= 0.3 is 0 Å². The van der Waals surface area contributed by atoms with Crippen LogP contribution in [0.4, 0.5) is 4.39 Å². The fraction of sp³-hybridized carbons (Fsp3) is 0.0667. The van der Waals surface area contributed by atoms with Crippen molar-refractivity contribution in [2.75, 3.05) is 7.11 Å². The van der Waals surface area contributed by atoms with Crippen molar-refractivity contribution >= 4 is 12.1 Å². The van der Waals surface area contributed by atoms with Gasteiger partial charge in [0.15, 0.2) is 0 Å². The first-order valence-corrected chi connectivity index (χ1v) is 5.92. The first-order chi connectivity index (χ1) is 9.69. The van der Waals surface area contributed by atoms with Gasteiger partial charge < -0.3 is 4.74 Å². The van der Waals surface area contributed by atoms with Gasteiger partial charge in [-0.05, 0) is 35.9 Å². The number of carbonyl (C=O) groups is 1. The molecule has 4 nitrogen and oxygen atoms in total. The zero-order chi connectivity index (χ0) is 14.4. The monoisotopic (exact) mass is 272 g/mol. The lowest BCUT2D eigenvalue weighted by Gasteiger charge is -2.02. The quantitative estimate of drug-likeness (QED) is 0.687. The smallest absolute Gasteiger partial charge is 0.271 e. The second kappa shape index (κ2) is 6.47. The van der Waals surface area contributed by atoms with Crippen molar-refractivity contribution in [2.45, 2.75) is 0 Å². The molecule has 0 unspecified atom stereocenters. The van der Waals surface area contributed by atoms with Gasteiger partial charge in [0.05, 0.1) is 13.3 Å². The fourth-order valence-electron chi connectivity index (χ4n) is 1.54. The van der Waals surface area contributed by atoms with Crippen LogP contribution >= 0.6 is 0 Å². The Morgan fingerprint density at radius 3 is 2.70 bits per heavy atom. The predicted molar refractivity (Wildman–Crippen MR) is 74.5 cm³/mol. The number of hydrogen-bond acceptors (Lipinski definition) is 3. The summed E-state index contributed by atoms with van der Waals surface area (Å²) in [6.07, 6.45) is 1.44. The van der Waals surface area contributed by atoms with Crippen molar-refractivity contribution in [1.82, 2.24) is 5.43 Å². The average Bonchev–Trinajstić information content (AvgIpc) is 2.49. The van der Waals surface area contributed by atoms with Crippen LogP contribution in [0.25, 0.3) is 0 Å². The number of hydrazone groups is 1. The minimum Gasteiger partial charge on any atom is -0.497 e. The number of amides is 1. The first kappa shape index (κ1) is 13.7. The number of nitrogens with one attached hydrogen (secondary N) is 1. The third kappa shape index (κ3) is 3.65. The maximum absolute atomic E-state index is 12.7. The molecule has 0 radical (unpaired) electrons. The molecule has 0 aliphatic rings. The van der Waals surface area contributed by atoms with E-state index in [1.165, 1.54) is 25.5 Å². The number of hydrogen-bond donors (Lipinski definition) is 1. The van der Waals surface area contributed by atoms with Gasteiger partial charge in [-0.15, -0.1) is 0 Å². The van der Waals surface area contributed by atoms with Crippen LogP contribution in [0.1, 0.15) is 15.9 Å². The predicted octanol–water partition coefficient (Wildman–Crippen LogP) is 2.60. The summed E-state index contributed by atoms with van der Waals surface area (Å²) in [5.74, 6) is -0.0648. The largest absolute Gasteiger partial charge is 0.497 e. The van der Waals surface area contributed by atoms with Gasteiger partial charge in [-0.1, -0.05) is 18.2 Å². The molecule has 1 amide bonds. The normalized spacial score (nSPS) is 10.5. The summed E-state index contributed by atoms with van der Waals surface area (Å²) in [7, 11) is 1.53. The molecule has 0 heterocycles. The second-order valence-electron chi connectivity index (χ2n) is 3.98. The summed E-state index contributed by atoms with van der Waals surface area (Å²) >= 11 is 0. The molecule has 0 aliphatic heterocycles. The van der Waals surface area contributed by atoms with E-state index in [4.69, 9.17) is 4.74 Å². The molecule has 0 saturated carbocycles. The molecule has 2 aromatic rings. The zero-order valence-electron chi connectivity index (χ0n) is 10.8. The second-order valence-corrected chi connectivity index (χ2v) is 3.98. The Morgan fingerprint density at radius 2 is 2.00 bits per heavy atom. The Kier molecular flexibility index (Phi) is 4.44. The maximum Gasteiger partial charge on any atom is 0.271 e. The maximum atomic E-state index is 12.7. The van der Waals surface area contributed by atoms with Gasteiger partial charge in [0.25, 0.3) is 5.91 Å². The molecule has 0 fully saturated rings. The third-order valence-corrected chi connectivity index (χ3v) is 2.58. The summed E-state index contributed by atoms with van der Waals surface area (Å²) in [5.41, 5.74) is 3.53. The van der Waals surface area contributed by atoms with Crippen LogP contribution in [0.3, 0.4) is 0 Å². The lowest BCUT2D eigenvalue weighted by Crippen LogP contribution is -2.17. The summed E-state index contributed by atoms with van der Waals surface area (Å²) in [5, 5.41) is 3.82. The molecule has 0 aliphatic carbocycles. The minimum atomic E-state index is -0.345. The Morgan fingerprint density at radius 1 is 1.25 bits per heavy atom. The Balaban J connectivity index is 1.99. The van der Waals surface area contributed by atoms with Crippen molar-refractivity contribution in [3.63, 3.8) is 0 Å². The number of rotatable bonds is 4. The van der Waals surface area contributed by atoms with Crippen LogP contribution in [-0.2, 0) is 0 Å². The van der Waals surface area contributed by atoms with Gasteiger partial charge in [0.2, 0.25) is 0 Å². The van der Waals surface area contributed by atoms with Crippen molar-refractivity contribution in [3.05, 3.63) is 65.5 Å². The molecule has 5 heteroatoms. The van der Waals surface area contributed by atoms with Crippen LogP contribution in [0.2, 0.25) is 0 Å². The number of ether oxygens (including phenoxy) is 1. The topological polar surface area (TPSA) is 50.7 Å². The van der Waals surface area contributed by atoms with E-state index in [2.05, 4.69) is 10.5 Å². The van der Waals surface area contributed by atoms with Crippen LogP contribution in [0, 0.1) is 5.82 Å². The summed E-state index contributed by atoms with van der Waals surface area (Å²) < 4.78 is 17.7. The van der Waals surface area contributed by atoms with E-state index in [-0.39, 0.29) is 11.7 Å². The minimum absolute atomic E-state index is 0.317. The van der Waals surface area contributed by atoms with Crippen molar-refractivity contribution in [2.24, 2.45) is 5.10 Å². The van der Waals surface area contributed by atoms with E-state index in [1.807, 2.05) is 0 Å². The number of methoxy groups -OCH3 is 1. The highest BCUT2D eigenvalue weighted by Gasteiger charge is 2.04. The number of nitrogens with zero attached hydrogens (tertiary/aromatic N) is 1. The van der Waals surface area contributed by atoms with E-state index in [9.17, 15) is 9.18 Å². The average molecular weight is 272 g/mol. The number of carbonyl (C=O) groups excluding carboxylic acids is 1. The molecule has 20 heavy (non-hydrogen) atoms. The van der Waals surface area contributed by atoms with Crippen LogP contribution in [0.5, 0.6) is 5.75 Å². The Hall–Kier alpha value is -2.69. The van der Waals surface area contributed by atoms with Crippen LogP contribution in [-0.4, -0.2) is 19.2 Å². The van der Waals surface area contributed by atoms with Gasteiger partial charge in [0, 0.05) is 5.56 Å². The number of halogens is 1. The van der Waals surface area contributed by atoms with E-state index in [0.29, 0.717) is 16.9 Å².